The first-order valence-electron chi connectivity index (χ1n) is 6.16. The van der Waals surface area contributed by atoms with Crippen LogP contribution in [0.1, 0.15) is 18.7 Å². The number of thioether (sulfide) groups is 1. The molecule has 0 saturated carbocycles. The van der Waals surface area contributed by atoms with Crippen molar-refractivity contribution in [2.24, 2.45) is 5.92 Å². The summed E-state index contributed by atoms with van der Waals surface area (Å²) in [6, 6.07) is 0. The van der Waals surface area contributed by atoms with E-state index in [9.17, 15) is 9.90 Å². The van der Waals surface area contributed by atoms with Crippen LogP contribution >= 0.6 is 11.8 Å². The number of aliphatic hydroxyl groups is 1. The van der Waals surface area contributed by atoms with Crippen LogP contribution in [0.4, 0.5) is 0 Å². The lowest BCUT2D eigenvalue weighted by Gasteiger charge is -2.23. The van der Waals surface area contributed by atoms with Gasteiger partial charge in [0.1, 0.15) is 6.61 Å². The van der Waals surface area contributed by atoms with Crippen LogP contribution in [-0.2, 0) is 22.7 Å². The van der Waals surface area contributed by atoms with Gasteiger partial charge in [0.15, 0.2) is 11.0 Å². The molecular formula is C11H17N3O4S. The monoisotopic (exact) mass is 287 g/mol. The van der Waals surface area contributed by atoms with Gasteiger partial charge in [-0.1, -0.05) is 11.8 Å². The van der Waals surface area contributed by atoms with Crippen molar-refractivity contribution >= 4 is 17.7 Å². The van der Waals surface area contributed by atoms with Crippen LogP contribution in [0, 0.1) is 5.92 Å². The van der Waals surface area contributed by atoms with E-state index in [0.717, 1.165) is 37.8 Å². The summed E-state index contributed by atoms with van der Waals surface area (Å²) in [6.07, 6.45) is 1.93. The summed E-state index contributed by atoms with van der Waals surface area (Å²) in [4.78, 5) is 10.6. The predicted octanol–water partition coefficient (Wildman–Crippen LogP) is 0.374. The Morgan fingerprint density at radius 3 is 2.79 bits per heavy atom. The minimum absolute atomic E-state index is 0.0582. The van der Waals surface area contributed by atoms with Crippen molar-refractivity contribution in [1.82, 2.24) is 14.8 Å². The van der Waals surface area contributed by atoms with E-state index in [4.69, 9.17) is 9.84 Å². The highest BCUT2D eigenvalue weighted by Gasteiger charge is 2.19. The number of hydrogen-bond donors (Lipinski definition) is 2. The normalized spacial score (nSPS) is 16.7. The van der Waals surface area contributed by atoms with E-state index in [1.165, 1.54) is 0 Å². The van der Waals surface area contributed by atoms with Gasteiger partial charge in [-0.2, -0.15) is 0 Å². The number of aliphatic carboxylic acids is 1. The van der Waals surface area contributed by atoms with Gasteiger partial charge in [0.25, 0.3) is 0 Å². The Kier molecular flexibility index (Phi) is 5.17. The van der Waals surface area contributed by atoms with Crippen LogP contribution in [0.2, 0.25) is 0 Å². The highest BCUT2D eigenvalue weighted by molar-refractivity contribution is 7.99. The smallest absolute Gasteiger partial charge is 0.313 e. The van der Waals surface area contributed by atoms with Crippen LogP contribution in [-0.4, -0.2) is 49.9 Å². The van der Waals surface area contributed by atoms with Crippen molar-refractivity contribution in [3.8, 4) is 0 Å². The zero-order chi connectivity index (χ0) is 13.7. The molecule has 0 bridgehead atoms. The highest BCUT2D eigenvalue weighted by atomic mass is 32.2. The second kappa shape index (κ2) is 6.88. The van der Waals surface area contributed by atoms with Crippen molar-refractivity contribution < 1.29 is 19.7 Å². The number of carboxylic acid groups (broad SMARTS) is 1. The molecule has 0 spiro atoms. The van der Waals surface area contributed by atoms with E-state index in [1.54, 1.807) is 0 Å². The Balaban J connectivity index is 2.06. The number of carbonyl (C=O) groups is 1. The zero-order valence-electron chi connectivity index (χ0n) is 10.5. The van der Waals surface area contributed by atoms with Crippen LogP contribution in [0.3, 0.4) is 0 Å². The van der Waals surface area contributed by atoms with Crippen molar-refractivity contribution in [3.05, 3.63) is 5.82 Å². The molecule has 1 aliphatic heterocycles. The lowest BCUT2D eigenvalue weighted by molar-refractivity contribution is -0.133. The third-order valence-electron chi connectivity index (χ3n) is 3.04. The number of aliphatic hydroxyl groups excluding tert-OH is 1. The van der Waals surface area contributed by atoms with Crippen LogP contribution in [0.15, 0.2) is 5.16 Å². The van der Waals surface area contributed by atoms with E-state index in [0.29, 0.717) is 23.4 Å². The molecule has 0 atom stereocenters. The maximum atomic E-state index is 10.6. The number of nitrogens with zero attached hydrogens (tertiary/aromatic N) is 3. The van der Waals surface area contributed by atoms with Gasteiger partial charge in [0.05, 0.1) is 5.75 Å². The van der Waals surface area contributed by atoms with Gasteiger partial charge < -0.3 is 19.5 Å². The largest absolute Gasteiger partial charge is 0.481 e. The minimum Gasteiger partial charge on any atom is -0.481 e. The molecule has 1 aromatic heterocycles. The first-order chi connectivity index (χ1) is 9.20. The molecule has 0 aromatic carbocycles. The van der Waals surface area contributed by atoms with Gasteiger partial charge >= 0.3 is 5.97 Å². The molecule has 2 heterocycles. The predicted molar refractivity (Wildman–Crippen MR) is 67.8 cm³/mol. The first kappa shape index (κ1) is 14.3. The van der Waals surface area contributed by atoms with Gasteiger partial charge in [-0.15, -0.1) is 10.2 Å². The number of ether oxygens (including phenoxy) is 1. The molecule has 7 nitrogen and oxygen atoms in total. The van der Waals surface area contributed by atoms with Gasteiger partial charge in [-0.05, 0) is 18.8 Å². The third-order valence-corrected chi connectivity index (χ3v) is 3.99. The van der Waals surface area contributed by atoms with Crippen LogP contribution in [0.25, 0.3) is 0 Å². The molecule has 106 valence electrons. The molecule has 1 saturated heterocycles. The summed E-state index contributed by atoms with van der Waals surface area (Å²) < 4.78 is 7.13. The molecule has 2 rings (SSSR count). The van der Waals surface area contributed by atoms with E-state index < -0.39 is 5.97 Å². The molecule has 0 radical (unpaired) electrons. The van der Waals surface area contributed by atoms with Crippen molar-refractivity contribution in [2.75, 3.05) is 19.0 Å². The first-order valence-corrected chi connectivity index (χ1v) is 7.14. The highest BCUT2D eigenvalue weighted by Crippen LogP contribution is 2.22. The summed E-state index contributed by atoms with van der Waals surface area (Å²) in [7, 11) is 0. The molecule has 0 unspecified atom stereocenters. The third kappa shape index (κ3) is 3.92. The Bertz CT molecular complexity index is 432. The molecule has 8 heteroatoms. The zero-order valence-corrected chi connectivity index (χ0v) is 11.3. The second-order valence-electron chi connectivity index (χ2n) is 4.41. The lowest BCUT2D eigenvalue weighted by Crippen LogP contribution is -2.22. The lowest BCUT2D eigenvalue weighted by atomic mass is 10.0. The minimum atomic E-state index is -0.892. The van der Waals surface area contributed by atoms with E-state index in [2.05, 4.69) is 10.2 Å². The standard InChI is InChI=1S/C11H17N3O4S/c15-6-9-12-13-11(19-7-10(16)17)14(9)5-8-1-3-18-4-2-8/h8,15H,1-7H2,(H,16,17). The molecule has 1 aromatic rings. The molecule has 0 amide bonds. The van der Waals surface area contributed by atoms with Crippen molar-refractivity contribution in [2.45, 2.75) is 31.1 Å². The molecule has 1 aliphatic rings. The summed E-state index contributed by atoms with van der Waals surface area (Å²) >= 11 is 1.13. The Hall–Kier alpha value is -1.12. The number of carboxylic acids is 1. The summed E-state index contributed by atoms with van der Waals surface area (Å²) in [5.74, 6) is -0.00748. The van der Waals surface area contributed by atoms with E-state index in [1.807, 2.05) is 4.57 Å². The average Bonchev–Trinajstić information content (AvgIpc) is 2.80. The molecule has 2 N–H and O–H groups in total. The van der Waals surface area contributed by atoms with Gasteiger partial charge in [-0.3, -0.25) is 4.79 Å². The van der Waals surface area contributed by atoms with E-state index in [-0.39, 0.29) is 12.4 Å². The van der Waals surface area contributed by atoms with Gasteiger partial charge in [-0.25, -0.2) is 0 Å². The quantitative estimate of drug-likeness (QED) is 0.730. The fraction of sp³-hybridized carbons (Fsp3) is 0.727. The summed E-state index contributed by atoms with van der Waals surface area (Å²) in [6.45, 7) is 2.01. The van der Waals surface area contributed by atoms with Gasteiger partial charge in [0, 0.05) is 19.8 Å². The fourth-order valence-corrected chi connectivity index (χ4v) is 2.73. The maximum absolute atomic E-state index is 10.6. The molecule has 1 fully saturated rings. The van der Waals surface area contributed by atoms with Gasteiger partial charge in [0.2, 0.25) is 0 Å². The topological polar surface area (TPSA) is 97.5 Å². The SMILES string of the molecule is O=C(O)CSc1nnc(CO)n1CC1CCOCC1. The van der Waals surface area contributed by atoms with Crippen molar-refractivity contribution in [3.63, 3.8) is 0 Å². The number of hydrogen-bond acceptors (Lipinski definition) is 6. The molecular weight excluding hydrogens is 270 g/mol. The van der Waals surface area contributed by atoms with Crippen molar-refractivity contribution in [1.29, 1.82) is 0 Å². The average molecular weight is 287 g/mol. The molecule has 19 heavy (non-hydrogen) atoms. The second-order valence-corrected chi connectivity index (χ2v) is 5.35. The maximum Gasteiger partial charge on any atom is 0.313 e. The Morgan fingerprint density at radius 1 is 1.42 bits per heavy atom. The molecule has 0 aliphatic carbocycles. The number of aromatic nitrogens is 3. The Morgan fingerprint density at radius 2 is 2.16 bits per heavy atom. The summed E-state index contributed by atoms with van der Waals surface area (Å²) in [5.41, 5.74) is 0. The Labute approximate surface area is 115 Å². The van der Waals surface area contributed by atoms with Crippen LogP contribution < -0.4 is 0 Å². The summed E-state index contributed by atoms with van der Waals surface area (Å²) in [5, 5.41) is 26.4. The fourth-order valence-electron chi connectivity index (χ4n) is 2.04. The van der Waals surface area contributed by atoms with E-state index >= 15 is 0 Å². The number of rotatable bonds is 6. The van der Waals surface area contributed by atoms with Crippen LogP contribution in [0.5, 0.6) is 0 Å².